The highest BCUT2D eigenvalue weighted by Gasteiger charge is 2.62. The molecule has 0 amide bonds. The van der Waals surface area contributed by atoms with Gasteiger partial charge in [-0.05, 0) is 99.2 Å². The predicted molar refractivity (Wildman–Crippen MR) is 150 cm³/mol. The summed E-state index contributed by atoms with van der Waals surface area (Å²) in [6.07, 6.45) is 26.4. The first-order valence-electron chi connectivity index (χ1n) is 16.7. The van der Waals surface area contributed by atoms with Gasteiger partial charge in [-0.3, -0.25) is 4.90 Å². The minimum atomic E-state index is 0.537. The predicted octanol–water partition coefficient (Wildman–Crippen LogP) is 8.08. The molecule has 3 heteroatoms. The molecular weight excluding hydrogens is 458 g/mol. The maximum absolute atomic E-state index is 7.55. The molecule has 0 aromatic carbocycles. The zero-order chi connectivity index (χ0) is 24.0. The lowest BCUT2D eigenvalue weighted by molar-refractivity contribution is -0.168. The molecule has 3 saturated heterocycles. The first kappa shape index (κ1) is 24.1. The second kappa shape index (κ2) is 9.15. The van der Waals surface area contributed by atoms with Crippen LogP contribution < -0.4 is 0 Å². The second-order valence-corrected chi connectivity index (χ2v) is 16.9. The Hall–Kier alpha value is 0.270. The van der Waals surface area contributed by atoms with Gasteiger partial charge in [0.05, 0.1) is 12.2 Å². The van der Waals surface area contributed by atoms with Crippen molar-refractivity contribution in [2.45, 2.75) is 164 Å². The number of hydrogen-bond acceptors (Lipinski definition) is 3. The first-order valence-corrected chi connectivity index (χ1v) is 17.7. The zero-order valence-electron chi connectivity index (χ0n) is 23.3. The number of rotatable bonds is 1. The fourth-order valence-corrected chi connectivity index (χ4v) is 14.6. The molecule has 0 aromatic heterocycles. The highest BCUT2D eigenvalue weighted by Crippen LogP contribution is 2.62. The molecule has 0 spiro atoms. The van der Waals surface area contributed by atoms with Gasteiger partial charge in [-0.1, -0.05) is 58.8 Å². The number of nitrogens with zero attached hydrogens (tertiary/aromatic N) is 1. The largest absolute Gasteiger partial charge is 0.372 e. The number of thioether (sulfide) groups is 1. The molecule has 0 aromatic rings. The Bertz CT molecular complexity index is 803. The number of fused-ring (bicyclic) bond motifs is 9. The molecular formula is C33H53NOS. The minimum Gasteiger partial charge on any atom is -0.372 e. The Kier molecular flexibility index (Phi) is 6.13. The third-order valence-electron chi connectivity index (χ3n) is 13.8. The van der Waals surface area contributed by atoms with Crippen molar-refractivity contribution >= 4 is 11.8 Å². The van der Waals surface area contributed by atoms with Crippen LogP contribution in [0.1, 0.15) is 123 Å². The first-order chi connectivity index (χ1) is 17.6. The third-order valence-corrected chi connectivity index (χ3v) is 15.7. The van der Waals surface area contributed by atoms with E-state index < -0.39 is 0 Å². The van der Waals surface area contributed by atoms with E-state index >= 15 is 0 Å². The van der Waals surface area contributed by atoms with Crippen molar-refractivity contribution in [1.29, 1.82) is 0 Å². The lowest BCUT2D eigenvalue weighted by Crippen LogP contribution is -2.68. The molecule has 5 saturated carbocycles. The molecule has 0 radical (unpaired) electrons. The summed E-state index contributed by atoms with van der Waals surface area (Å²) < 4.78 is 7.55. The van der Waals surface area contributed by atoms with Crippen molar-refractivity contribution in [2.75, 3.05) is 0 Å². The quantitative estimate of drug-likeness (QED) is 0.353. The molecule has 8 fully saturated rings. The van der Waals surface area contributed by atoms with Crippen LogP contribution in [-0.4, -0.2) is 45.7 Å². The van der Waals surface area contributed by atoms with E-state index in [1.165, 1.54) is 109 Å². The standard InChI is InChI=1S/C33H53NOS/c1-33(2)23-12-4-6-14-25(23)34(26-15-7-5-13-24(26)33)27-16-9-11-20-21-18-19-29-30(32(21)35-31(20)27)22-10-3-8-17-28(22)36-29/h20-32H,3-19H2,1-2H3. The summed E-state index contributed by atoms with van der Waals surface area (Å²) in [7, 11) is 0. The minimum absolute atomic E-state index is 0.537. The molecule has 2 nitrogen and oxygen atoms in total. The van der Waals surface area contributed by atoms with Crippen LogP contribution in [0.4, 0.5) is 0 Å². The lowest BCUT2D eigenvalue weighted by atomic mass is 9.54. The van der Waals surface area contributed by atoms with Crippen molar-refractivity contribution in [1.82, 2.24) is 4.90 Å². The van der Waals surface area contributed by atoms with E-state index in [1.54, 1.807) is 0 Å². The monoisotopic (exact) mass is 511 g/mol. The molecule has 13 atom stereocenters. The molecule has 8 aliphatic rings. The van der Waals surface area contributed by atoms with E-state index in [0.29, 0.717) is 17.6 Å². The Balaban J connectivity index is 1.12. The highest BCUT2D eigenvalue weighted by molar-refractivity contribution is 8.00. The van der Waals surface area contributed by atoms with Gasteiger partial charge in [0, 0.05) is 34.5 Å². The van der Waals surface area contributed by atoms with Gasteiger partial charge in [-0.2, -0.15) is 11.8 Å². The summed E-state index contributed by atoms with van der Waals surface area (Å²) in [5, 5.41) is 1.91. The topological polar surface area (TPSA) is 12.5 Å². The van der Waals surface area contributed by atoms with Gasteiger partial charge in [0.15, 0.2) is 0 Å². The maximum atomic E-state index is 7.55. The number of piperidine rings is 1. The smallest absolute Gasteiger partial charge is 0.0766 e. The van der Waals surface area contributed by atoms with Gasteiger partial charge in [-0.15, -0.1) is 0 Å². The summed E-state index contributed by atoms with van der Waals surface area (Å²) in [5.41, 5.74) is 0.537. The van der Waals surface area contributed by atoms with Crippen LogP contribution in [0.3, 0.4) is 0 Å². The van der Waals surface area contributed by atoms with E-state index in [4.69, 9.17) is 4.74 Å². The molecule has 202 valence electrons. The van der Waals surface area contributed by atoms with Crippen LogP contribution in [-0.2, 0) is 4.74 Å². The van der Waals surface area contributed by atoms with E-state index in [9.17, 15) is 0 Å². The van der Waals surface area contributed by atoms with E-state index in [2.05, 4.69) is 30.5 Å². The molecule has 8 rings (SSSR count). The molecule has 5 aliphatic carbocycles. The van der Waals surface area contributed by atoms with Crippen molar-refractivity contribution < 1.29 is 4.74 Å². The average molecular weight is 512 g/mol. The zero-order valence-corrected chi connectivity index (χ0v) is 24.1. The summed E-state index contributed by atoms with van der Waals surface area (Å²) in [6.45, 7) is 5.39. The summed E-state index contributed by atoms with van der Waals surface area (Å²) in [4.78, 5) is 3.26. The second-order valence-electron chi connectivity index (χ2n) is 15.4. The van der Waals surface area contributed by atoms with Crippen molar-refractivity contribution in [3.05, 3.63) is 0 Å². The third kappa shape index (κ3) is 3.49. The molecule has 36 heavy (non-hydrogen) atoms. The van der Waals surface area contributed by atoms with Gasteiger partial charge in [0.25, 0.3) is 0 Å². The number of ether oxygens (including phenoxy) is 1. The van der Waals surface area contributed by atoms with E-state index in [0.717, 1.165) is 64.1 Å². The molecule has 3 heterocycles. The van der Waals surface area contributed by atoms with Gasteiger partial charge in [-0.25, -0.2) is 0 Å². The van der Waals surface area contributed by atoms with Crippen LogP contribution in [0.5, 0.6) is 0 Å². The summed E-state index contributed by atoms with van der Waals surface area (Å²) >= 11 is 2.43. The SMILES string of the molecule is CC1(C)C2CCCCC2N(C2CCCC3C4CCC5SC6CCCCC6C5C4OC32)C2CCCCC21. The maximum Gasteiger partial charge on any atom is 0.0766 e. The normalized spacial score (nSPS) is 56.0. The van der Waals surface area contributed by atoms with Crippen LogP contribution >= 0.6 is 11.8 Å². The van der Waals surface area contributed by atoms with Crippen molar-refractivity contribution in [3.8, 4) is 0 Å². The fourth-order valence-electron chi connectivity index (χ4n) is 12.5. The Morgan fingerprint density at radius 1 is 0.556 bits per heavy atom. The van der Waals surface area contributed by atoms with Crippen molar-refractivity contribution in [3.63, 3.8) is 0 Å². The van der Waals surface area contributed by atoms with Crippen LogP contribution in [0.2, 0.25) is 0 Å². The van der Waals surface area contributed by atoms with Gasteiger partial charge in [0.1, 0.15) is 0 Å². The van der Waals surface area contributed by atoms with E-state index in [-0.39, 0.29) is 0 Å². The van der Waals surface area contributed by atoms with Gasteiger partial charge < -0.3 is 4.74 Å². The van der Waals surface area contributed by atoms with Gasteiger partial charge >= 0.3 is 0 Å². The summed E-state index contributed by atoms with van der Waals surface area (Å²) in [6, 6.07) is 2.43. The van der Waals surface area contributed by atoms with Crippen LogP contribution in [0.25, 0.3) is 0 Å². The number of likely N-dealkylation sites (tertiary alicyclic amines) is 1. The molecule has 0 bridgehead atoms. The van der Waals surface area contributed by atoms with Crippen molar-refractivity contribution in [2.24, 2.45) is 40.9 Å². The summed E-state index contributed by atoms with van der Waals surface area (Å²) in [5.74, 6) is 5.51. The molecule has 0 N–H and O–H groups in total. The lowest BCUT2D eigenvalue weighted by Gasteiger charge is -2.64. The Morgan fingerprint density at radius 2 is 1.17 bits per heavy atom. The van der Waals surface area contributed by atoms with Gasteiger partial charge in [0.2, 0.25) is 0 Å². The molecule has 13 unspecified atom stereocenters. The average Bonchev–Trinajstić information content (AvgIpc) is 3.48. The van der Waals surface area contributed by atoms with E-state index in [1.807, 2.05) is 0 Å². The fraction of sp³-hybridized carbons (Fsp3) is 1.00. The Morgan fingerprint density at radius 3 is 1.94 bits per heavy atom. The Labute approximate surface area is 225 Å². The molecule has 3 aliphatic heterocycles. The number of hydrogen-bond donors (Lipinski definition) is 0. The highest BCUT2D eigenvalue weighted by atomic mass is 32.2. The van der Waals surface area contributed by atoms with Crippen LogP contribution in [0, 0.1) is 40.9 Å². The van der Waals surface area contributed by atoms with Crippen LogP contribution in [0.15, 0.2) is 0 Å².